The number of aryl methyl sites for hydroxylation is 1. The molecule has 0 saturated carbocycles. The van der Waals surface area contributed by atoms with Crippen LogP contribution in [-0.4, -0.2) is 0 Å². The fourth-order valence-electron chi connectivity index (χ4n) is 2.58. The number of hydrogen-bond donors (Lipinski definition) is 1. The maximum absolute atomic E-state index is 3.58. The molecule has 3 aromatic rings. The summed E-state index contributed by atoms with van der Waals surface area (Å²) < 4.78 is 1.37. The summed E-state index contributed by atoms with van der Waals surface area (Å²) in [4.78, 5) is 0. The van der Waals surface area contributed by atoms with Gasteiger partial charge in [0.05, 0.1) is 0 Å². The van der Waals surface area contributed by atoms with Crippen molar-refractivity contribution in [3.05, 3.63) is 70.6 Å². The van der Waals surface area contributed by atoms with Crippen LogP contribution >= 0.6 is 11.3 Å². The Labute approximate surface area is 124 Å². The first-order chi connectivity index (χ1) is 9.88. The van der Waals surface area contributed by atoms with Crippen LogP contribution in [0.5, 0.6) is 0 Å². The Morgan fingerprint density at radius 1 is 0.850 bits per heavy atom. The number of rotatable bonds is 5. The molecule has 102 valence electrons. The summed E-state index contributed by atoms with van der Waals surface area (Å²) in [5.41, 5.74) is 4.25. The molecular weight excluding hydrogens is 262 g/mol. The van der Waals surface area contributed by atoms with Gasteiger partial charge in [0, 0.05) is 17.8 Å². The number of benzene rings is 2. The van der Waals surface area contributed by atoms with Crippen LogP contribution in [0.2, 0.25) is 0 Å². The third-order valence-corrected chi connectivity index (χ3v) is 4.70. The Balaban J connectivity index is 1.68. The smallest absolute Gasteiger partial charge is 0.0346 e. The second-order valence-corrected chi connectivity index (χ2v) is 5.89. The molecule has 0 aliphatic carbocycles. The first kappa shape index (κ1) is 13.3. The van der Waals surface area contributed by atoms with Gasteiger partial charge in [0.1, 0.15) is 0 Å². The predicted molar refractivity (Wildman–Crippen MR) is 88.2 cm³/mol. The highest BCUT2D eigenvalue weighted by atomic mass is 32.1. The zero-order valence-corrected chi connectivity index (χ0v) is 12.5. The van der Waals surface area contributed by atoms with Gasteiger partial charge >= 0.3 is 0 Å². The highest BCUT2D eigenvalue weighted by molar-refractivity contribution is 7.17. The second-order valence-electron chi connectivity index (χ2n) is 4.98. The standard InChI is InChI=1S/C18H19NS/c1-2-14-7-3-4-8-15(14)11-19-12-16-13-20-18-10-6-5-9-17(16)18/h3-10,13,19H,2,11-12H2,1H3. The van der Waals surface area contributed by atoms with E-state index in [-0.39, 0.29) is 0 Å². The molecule has 0 aliphatic heterocycles. The zero-order valence-electron chi connectivity index (χ0n) is 11.7. The Kier molecular flexibility index (Phi) is 4.14. The molecule has 1 nitrogen and oxygen atoms in total. The summed E-state index contributed by atoms with van der Waals surface area (Å²) in [6.07, 6.45) is 1.10. The zero-order chi connectivity index (χ0) is 13.8. The van der Waals surface area contributed by atoms with Gasteiger partial charge in [-0.15, -0.1) is 11.3 Å². The van der Waals surface area contributed by atoms with Gasteiger partial charge in [0.2, 0.25) is 0 Å². The van der Waals surface area contributed by atoms with E-state index < -0.39 is 0 Å². The molecule has 1 N–H and O–H groups in total. The maximum Gasteiger partial charge on any atom is 0.0346 e. The minimum atomic E-state index is 0.933. The molecule has 0 saturated heterocycles. The molecule has 0 atom stereocenters. The van der Waals surface area contributed by atoms with E-state index >= 15 is 0 Å². The number of fused-ring (bicyclic) bond motifs is 1. The van der Waals surface area contributed by atoms with E-state index in [0.29, 0.717) is 0 Å². The predicted octanol–water partition coefficient (Wildman–Crippen LogP) is 4.75. The number of thiophene rings is 1. The lowest BCUT2D eigenvalue weighted by Gasteiger charge is -2.09. The Bertz CT molecular complexity index is 699. The maximum atomic E-state index is 3.58. The SMILES string of the molecule is CCc1ccccc1CNCc1csc2ccccc12. The van der Waals surface area contributed by atoms with E-state index in [1.165, 1.54) is 26.8 Å². The molecule has 1 aromatic heterocycles. The first-order valence-electron chi connectivity index (χ1n) is 7.11. The molecule has 0 bridgehead atoms. The fourth-order valence-corrected chi connectivity index (χ4v) is 3.54. The molecule has 1 heterocycles. The summed E-state index contributed by atoms with van der Waals surface area (Å²) >= 11 is 1.83. The monoisotopic (exact) mass is 281 g/mol. The molecule has 0 unspecified atom stereocenters. The van der Waals surface area contributed by atoms with Crippen molar-refractivity contribution in [2.24, 2.45) is 0 Å². The van der Waals surface area contributed by atoms with Crippen LogP contribution in [0.25, 0.3) is 10.1 Å². The molecular formula is C18H19NS. The van der Waals surface area contributed by atoms with E-state index in [2.05, 4.69) is 66.2 Å². The van der Waals surface area contributed by atoms with Crippen molar-refractivity contribution in [3.8, 4) is 0 Å². The molecule has 0 fully saturated rings. The summed E-state index contributed by atoms with van der Waals surface area (Å²) in [6.45, 7) is 4.08. The minimum absolute atomic E-state index is 0.933. The molecule has 0 aliphatic rings. The summed E-state index contributed by atoms with van der Waals surface area (Å²) in [5, 5.41) is 7.23. The molecule has 2 heteroatoms. The van der Waals surface area contributed by atoms with Gasteiger partial charge in [0.15, 0.2) is 0 Å². The Hall–Kier alpha value is -1.64. The minimum Gasteiger partial charge on any atom is -0.309 e. The fraction of sp³-hybridized carbons (Fsp3) is 0.222. The third-order valence-electron chi connectivity index (χ3n) is 3.69. The lowest BCUT2D eigenvalue weighted by Crippen LogP contribution is -2.13. The lowest BCUT2D eigenvalue weighted by atomic mass is 10.1. The van der Waals surface area contributed by atoms with Crippen molar-refractivity contribution in [2.45, 2.75) is 26.4 Å². The van der Waals surface area contributed by atoms with Crippen LogP contribution < -0.4 is 5.32 Å². The van der Waals surface area contributed by atoms with Crippen LogP contribution in [-0.2, 0) is 19.5 Å². The first-order valence-corrected chi connectivity index (χ1v) is 7.99. The summed E-state index contributed by atoms with van der Waals surface area (Å²) in [6, 6.07) is 17.3. The third kappa shape index (κ3) is 2.77. The van der Waals surface area contributed by atoms with Crippen molar-refractivity contribution < 1.29 is 0 Å². The highest BCUT2D eigenvalue weighted by Gasteiger charge is 2.03. The van der Waals surface area contributed by atoms with Crippen LogP contribution in [0.15, 0.2) is 53.9 Å². The van der Waals surface area contributed by atoms with Gasteiger partial charge in [-0.05, 0) is 39.9 Å². The van der Waals surface area contributed by atoms with Gasteiger partial charge in [-0.3, -0.25) is 0 Å². The van der Waals surface area contributed by atoms with Gasteiger partial charge in [-0.25, -0.2) is 0 Å². The molecule has 20 heavy (non-hydrogen) atoms. The largest absolute Gasteiger partial charge is 0.309 e. The van der Waals surface area contributed by atoms with Crippen molar-refractivity contribution in [3.63, 3.8) is 0 Å². The average Bonchev–Trinajstić information content (AvgIpc) is 2.91. The Morgan fingerprint density at radius 3 is 2.40 bits per heavy atom. The average molecular weight is 281 g/mol. The van der Waals surface area contributed by atoms with E-state index in [4.69, 9.17) is 0 Å². The van der Waals surface area contributed by atoms with Gasteiger partial charge in [0.25, 0.3) is 0 Å². The molecule has 3 rings (SSSR count). The second kappa shape index (κ2) is 6.21. The summed E-state index contributed by atoms with van der Waals surface area (Å²) in [7, 11) is 0. The van der Waals surface area contributed by atoms with Gasteiger partial charge < -0.3 is 5.32 Å². The van der Waals surface area contributed by atoms with Crippen molar-refractivity contribution in [1.82, 2.24) is 5.32 Å². The highest BCUT2D eigenvalue weighted by Crippen LogP contribution is 2.25. The van der Waals surface area contributed by atoms with Crippen molar-refractivity contribution in [1.29, 1.82) is 0 Å². The molecule has 2 aromatic carbocycles. The van der Waals surface area contributed by atoms with E-state index in [1.54, 1.807) is 0 Å². The Morgan fingerprint density at radius 2 is 1.55 bits per heavy atom. The molecule has 0 amide bonds. The van der Waals surface area contributed by atoms with E-state index in [0.717, 1.165) is 19.5 Å². The molecule has 0 spiro atoms. The lowest BCUT2D eigenvalue weighted by molar-refractivity contribution is 0.692. The van der Waals surface area contributed by atoms with Crippen molar-refractivity contribution in [2.75, 3.05) is 0 Å². The quantitative estimate of drug-likeness (QED) is 0.711. The molecule has 0 radical (unpaired) electrons. The van der Waals surface area contributed by atoms with Crippen LogP contribution in [0.4, 0.5) is 0 Å². The van der Waals surface area contributed by atoms with Gasteiger partial charge in [-0.1, -0.05) is 49.4 Å². The number of hydrogen-bond acceptors (Lipinski definition) is 2. The van der Waals surface area contributed by atoms with E-state index in [9.17, 15) is 0 Å². The summed E-state index contributed by atoms with van der Waals surface area (Å²) in [5.74, 6) is 0. The van der Waals surface area contributed by atoms with Crippen molar-refractivity contribution >= 4 is 21.4 Å². The van der Waals surface area contributed by atoms with Crippen LogP contribution in [0.1, 0.15) is 23.6 Å². The van der Waals surface area contributed by atoms with Crippen LogP contribution in [0, 0.1) is 0 Å². The number of nitrogens with one attached hydrogen (secondary N) is 1. The normalized spacial score (nSPS) is 11.1. The van der Waals surface area contributed by atoms with Gasteiger partial charge in [-0.2, -0.15) is 0 Å². The van der Waals surface area contributed by atoms with E-state index in [1.807, 2.05) is 11.3 Å². The van der Waals surface area contributed by atoms with Crippen LogP contribution in [0.3, 0.4) is 0 Å². The topological polar surface area (TPSA) is 12.0 Å².